The number of hydrogen-bond acceptors (Lipinski definition) is 3. The topological polar surface area (TPSA) is 64.3 Å². The highest BCUT2D eigenvalue weighted by atomic mass is 35.5. The smallest absolute Gasteiger partial charge is 0.370 e. The molecule has 3 N–H and O–H groups in total. The molecule has 1 aromatic carbocycles. The highest BCUT2D eigenvalue weighted by Gasteiger charge is 2.31. The third kappa shape index (κ3) is 5.53. The standard InChI is InChI=1S/C13H17F3N2O2.ClH/c1-8(18-12(19)11(7-17)20-2)9-4-3-5-10(6-9)13(14,15)16;/h3-6,8,11H,7,17H2,1-2H3,(H,18,19);1H. The molecule has 2 atom stereocenters. The zero-order valence-electron chi connectivity index (χ0n) is 11.6. The summed E-state index contributed by atoms with van der Waals surface area (Å²) in [5.41, 5.74) is 4.95. The van der Waals surface area contributed by atoms with Crippen LogP contribution in [0.15, 0.2) is 24.3 Å². The summed E-state index contributed by atoms with van der Waals surface area (Å²) >= 11 is 0. The number of nitrogens with one attached hydrogen (secondary N) is 1. The molecule has 1 amide bonds. The molecule has 0 aliphatic heterocycles. The summed E-state index contributed by atoms with van der Waals surface area (Å²) in [6.45, 7) is 1.59. The van der Waals surface area contributed by atoms with E-state index >= 15 is 0 Å². The molecule has 8 heteroatoms. The van der Waals surface area contributed by atoms with Crippen LogP contribution in [0.3, 0.4) is 0 Å². The van der Waals surface area contributed by atoms with E-state index in [1.165, 1.54) is 19.2 Å². The van der Waals surface area contributed by atoms with E-state index in [1.54, 1.807) is 6.92 Å². The molecule has 0 saturated heterocycles. The van der Waals surface area contributed by atoms with Crippen LogP contribution < -0.4 is 11.1 Å². The molecule has 120 valence electrons. The van der Waals surface area contributed by atoms with Gasteiger partial charge in [0.25, 0.3) is 5.91 Å². The molecule has 0 bridgehead atoms. The summed E-state index contributed by atoms with van der Waals surface area (Å²) in [7, 11) is 1.34. The molecule has 0 aliphatic carbocycles. The number of benzene rings is 1. The normalized spacial score (nSPS) is 14.0. The second-order valence-corrected chi connectivity index (χ2v) is 4.31. The average Bonchev–Trinajstić information content (AvgIpc) is 2.39. The first-order chi connectivity index (χ1) is 9.29. The number of rotatable bonds is 5. The van der Waals surface area contributed by atoms with Crippen LogP contribution in [0.5, 0.6) is 0 Å². The molecule has 1 rings (SSSR count). The first-order valence-corrected chi connectivity index (χ1v) is 6.00. The second kappa shape index (κ2) is 8.21. The van der Waals surface area contributed by atoms with Gasteiger partial charge < -0.3 is 15.8 Å². The number of carbonyl (C=O) groups is 1. The van der Waals surface area contributed by atoms with E-state index < -0.39 is 29.8 Å². The van der Waals surface area contributed by atoms with Crippen LogP contribution in [-0.2, 0) is 15.7 Å². The van der Waals surface area contributed by atoms with Crippen molar-refractivity contribution in [1.82, 2.24) is 5.32 Å². The highest BCUT2D eigenvalue weighted by Crippen LogP contribution is 2.30. The lowest BCUT2D eigenvalue weighted by Gasteiger charge is -2.19. The predicted molar refractivity (Wildman–Crippen MR) is 75.1 cm³/mol. The third-order valence-electron chi connectivity index (χ3n) is 2.86. The van der Waals surface area contributed by atoms with E-state index in [0.717, 1.165) is 12.1 Å². The van der Waals surface area contributed by atoms with Crippen LogP contribution in [-0.4, -0.2) is 25.7 Å². The number of hydrogen-bond donors (Lipinski definition) is 2. The largest absolute Gasteiger partial charge is 0.416 e. The SMILES string of the molecule is COC(CN)C(=O)NC(C)c1cccc(C(F)(F)F)c1.Cl. The highest BCUT2D eigenvalue weighted by molar-refractivity contribution is 5.85. The van der Waals surface area contributed by atoms with E-state index in [-0.39, 0.29) is 19.0 Å². The van der Waals surface area contributed by atoms with Gasteiger partial charge in [-0.05, 0) is 24.6 Å². The maximum atomic E-state index is 12.6. The summed E-state index contributed by atoms with van der Waals surface area (Å²) in [4.78, 5) is 11.7. The Labute approximate surface area is 127 Å². The van der Waals surface area contributed by atoms with Crippen molar-refractivity contribution in [3.8, 4) is 0 Å². The Morgan fingerprint density at radius 2 is 2.05 bits per heavy atom. The van der Waals surface area contributed by atoms with Gasteiger partial charge in [0.2, 0.25) is 0 Å². The van der Waals surface area contributed by atoms with Crippen molar-refractivity contribution in [2.24, 2.45) is 5.73 Å². The average molecular weight is 327 g/mol. The fourth-order valence-electron chi connectivity index (χ4n) is 1.68. The number of halogens is 4. The van der Waals surface area contributed by atoms with E-state index in [2.05, 4.69) is 5.32 Å². The Balaban J connectivity index is 0.00000400. The maximum Gasteiger partial charge on any atom is 0.416 e. The number of nitrogens with two attached hydrogens (primary N) is 1. The lowest BCUT2D eigenvalue weighted by Crippen LogP contribution is -2.41. The molecule has 0 saturated carbocycles. The van der Waals surface area contributed by atoms with Crippen molar-refractivity contribution in [2.75, 3.05) is 13.7 Å². The van der Waals surface area contributed by atoms with Gasteiger partial charge in [0.15, 0.2) is 0 Å². The lowest BCUT2D eigenvalue weighted by atomic mass is 10.0. The van der Waals surface area contributed by atoms with Gasteiger partial charge in [-0.1, -0.05) is 12.1 Å². The van der Waals surface area contributed by atoms with Gasteiger partial charge in [-0.3, -0.25) is 4.79 Å². The molecule has 1 aromatic rings. The first-order valence-electron chi connectivity index (χ1n) is 6.00. The van der Waals surface area contributed by atoms with Crippen LogP contribution in [0, 0.1) is 0 Å². The van der Waals surface area contributed by atoms with Crippen LogP contribution in [0.1, 0.15) is 24.1 Å². The fraction of sp³-hybridized carbons (Fsp3) is 0.462. The van der Waals surface area contributed by atoms with E-state index in [4.69, 9.17) is 10.5 Å². The zero-order chi connectivity index (χ0) is 15.3. The van der Waals surface area contributed by atoms with Crippen molar-refractivity contribution in [3.63, 3.8) is 0 Å². The number of carbonyl (C=O) groups excluding carboxylic acids is 1. The molecule has 0 spiro atoms. The third-order valence-corrected chi connectivity index (χ3v) is 2.86. The van der Waals surface area contributed by atoms with Gasteiger partial charge in [0, 0.05) is 13.7 Å². The molecule has 0 aliphatic rings. The molecule has 21 heavy (non-hydrogen) atoms. The minimum Gasteiger partial charge on any atom is -0.370 e. The van der Waals surface area contributed by atoms with Gasteiger partial charge in [0.05, 0.1) is 11.6 Å². The predicted octanol–water partition coefficient (Wildman–Crippen LogP) is 2.28. The van der Waals surface area contributed by atoms with Crippen LogP contribution in [0.2, 0.25) is 0 Å². The summed E-state index contributed by atoms with van der Waals surface area (Å²) in [5, 5.41) is 2.57. The van der Waals surface area contributed by atoms with Crippen molar-refractivity contribution in [2.45, 2.75) is 25.2 Å². The monoisotopic (exact) mass is 326 g/mol. The van der Waals surface area contributed by atoms with E-state index in [0.29, 0.717) is 5.56 Å². The first kappa shape index (κ1) is 19.7. The fourth-order valence-corrected chi connectivity index (χ4v) is 1.68. The minimum absolute atomic E-state index is 0. The zero-order valence-corrected chi connectivity index (χ0v) is 12.4. The molecule has 0 aromatic heterocycles. The van der Waals surface area contributed by atoms with Crippen molar-refractivity contribution >= 4 is 18.3 Å². The van der Waals surface area contributed by atoms with Gasteiger partial charge >= 0.3 is 6.18 Å². The molecule has 4 nitrogen and oxygen atoms in total. The van der Waals surface area contributed by atoms with E-state index in [1.807, 2.05) is 0 Å². The summed E-state index contributed by atoms with van der Waals surface area (Å²) in [5.74, 6) is -0.458. The molecule has 2 unspecified atom stereocenters. The van der Waals surface area contributed by atoms with E-state index in [9.17, 15) is 18.0 Å². The van der Waals surface area contributed by atoms with Crippen molar-refractivity contribution < 1.29 is 22.7 Å². The molecular formula is C13H18ClF3N2O2. The van der Waals surface area contributed by atoms with Crippen LogP contribution in [0.25, 0.3) is 0 Å². The second-order valence-electron chi connectivity index (χ2n) is 4.31. The Bertz CT molecular complexity index is 465. The minimum atomic E-state index is -4.41. The summed E-state index contributed by atoms with van der Waals surface area (Å²) in [6.07, 6.45) is -5.23. The number of alkyl halides is 3. The van der Waals surface area contributed by atoms with Gasteiger partial charge in [-0.15, -0.1) is 12.4 Å². The lowest BCUT2D eigenvalue weighted by molar-refractivity contribution is -0.137. The number of ether oxygens (including phenoxy) is 1. The van der Waals surface area contributed by atoms with Crippen molar-refractivity contribution in [1.29, 1.82) is 0 Å². The molecule has 0 fully saturated rings. The van der Waals surface area contributed by atoms with Crippen molar-refractivity contribution in [3.05, 3.63) is 35.4 Å². The Morgan fingerprint density at radius 3 is 2.52 bits per heavy atom. The Kier molecular flexibility index (Phi) is 7.70. The summed E-state index contributed by atoms with van der Waals surface area (Å²) in [6, 6.07) is 4.24. The quantitative estimate of drug-likeness (QED) is 0.872. The summed E-state index contributed by atoms with van der Waals surface area (Å²) < 4.78 is 42.7. The van der Waals surface area contributed by atoms with Crippen LogP contribution in [0.4, 0.5) is 13.2 Å². The molecule has 0 heterocycles. The molecular weight excluding hydrogens is 309 g/mol. The Morgan fingerprint density at radius 1 is 1.43 bits per heavy atom. The number of methoxy groups -OCH3 is 1. The number of amides is 1. The van der Waals surface area contributed by atoms with Gasteiger partial charge in [0.1, 0.15) is 6.10 Å². The Hall–Kier alpha value is -1.31. The molecule has 0 radical (unpaired) electrons. The van der Waals surface area contributed by atoms with Gasteiger partial charge in [-0.2, -0.15) is 13.2 Å². The van der Waals surface area contributed by atoms with Crippen LogP contribution >= 0.6 is 12.4 Å². The maximum absolute atomic E-state index is 12.6. The van der Waals surface area contributed by atoms with Gasteiger partial charge in [-0.25, -0.2) is 0 Å².